The van der Waals surface area contributed by atoms with Crippen LogP contribution in [-0.2, 0) is 31.6 Å². The first-order valence-electron chi connectivity index (χ1n) is 15.4. The molecule has 0 aliphatic rings. The quantitative estimate of drug-likeness (QED) is 0.135. The summed E-state index contributed by atoms with van der Waals surface area (Å²) in [5, 5.41) is 8.64. The van der Waals surface area contributed by atoms with Gasteiger partial charge in [0.1, 0.15) is 17.2 Å². The van der Waals surface area contributed by atoms with Gasteiger partial charge in [-0.3, -0.25) is 0 Å². The first kappa shape index (κ1) is 33.4. The smallest absolute Gasteiger partial charge is 0.349 e. The van der Waals surface area contributed by atoms with Gasteiger partial charge in [-0.1, -0.05) is 83.2 Å². The van der Waals surface area contributed by atoms with E-state index in [1.165, 1.54) is 0 Å². The molecular formula is C37H45N3O5. The van der Waals surface area contributed by atoms with Gasteiger partial charge in [-0.15, -0.1) is 5.10 Å². The van der Waals surface area contributed by atoms with Crippen LogP contribution in [0.1, 0.15) is 83.7 Å². The van der Waals surface area contributed by atoms with E-state index in [4.69, 9.17) is 14.2 Å². The maximum atomic E-state index is 13.0. The van der Waals surface area contributed by atoms with Crippen LogP contribution in [0, 0.1) is 6.92 Å². The van der Waals surface area contributed by atoms with Crippen molar-refractivity contribution in [2.24, 2.45) is 0 Å². The Morgan fingerprint density at radius 1 is 0.844 bits per heavy atom. The molecule has 0 amide bonds. The molecule has 0 bridgehead atoms. The zero-order valence-electron chi connectivity index (χ0n) is 27.9. The second kappa shape index (κ2) is 13.7. The summed E-state index contributed by atoms with van der Waals surface area (Å²) in [6.07, 6.45) is 1.91. The molecule has 3 aromatic carbocycles. The molecule has 0 fully saturated rings. The van der Waals surface area contributed by atoms with Crippen molar-refractivity contribution in [1.29, 1.82) is 0 Å². The molecule has 238 valence electrons. The van der Waals surface area contributed by atoms with Crippen molar-refractivity contribution in [3.05, 3.63) is 95.2 Å². The Morgan fingerprint density at radius 3 is 2.07 bits per heavy atom. The molecule has 0 N–H and O–H groups in total. The highest BCUT2D eigenvalue weighted by molar-refractivity contribution is 5.76. The van der Waals surface area contributed by atoms with Crippen LogP contribution >= 0.6 is 0 Å². The third kappa shape index (κ3) is 9.03. The summed E-state index contributed by atoms with van der Waals surface area (Å²) >= 11 is 0. The molecule has 1 heterocycles. The molecule has 45 heavy (non-hydrogen) atoms. The summed E-state index contributed by atoms with van der Waals surface area (Å²) in [4.78, 5) is 25.8. The molecule has 0 aliphatic carbocycles. The van der Waals surface area contributed by atoms with Gasteiger partial charge in [0.25, 0.3) is 0 Å². The number of hydrogen-bond acceptors (Lipinski definition) is 7. The van der Waals surface area contributed by atoms with E-state index in [9.17, 15) is 9.59 Å². The van der Waals surface area contributed by atoms with Crippen LogP contribution in [0.25, 0.3) is 11.3 Å². The van der Waals surface area contributed by atoms with Crippen molar-refractivity contribution in [2.45, 2.75) is 91.7 Å². The normalized spacial score (nSPS) is 12.6. The van der Waals surface area contributed by atoms with Crippen LogP contribution in [0.5, 0.6) is 11.5 Å². The van der Waals surface area contributed by atoms with Crippen LogP contribution in [0.4, 0.5) is 0 Å². The minimum atomic E-state index is -0.667. The van der Waals surface area contributed by atoms with Crippen molar-refractivity contribution in [3.8, 4) is 22.8 Å². The van der Waals surface area contributed by atoms with Crippen LogP contribution in [0.2, 0.25) is 0 Å². The van der Waals surface area contributed by atoms with E-state index in [2.05, 4.69) is 57.9 Å². The predicted octanol–water partition coefficient (Wildman–Crippen LogP) is 7.57. The first-order valence-corrected chi connectivity index (χ1v) is 15.4. The van der Waals surface area contributed by atoms with Gasteiger partial charge in [-0.05, 0) is 84.2 Å². The molecule has 0 radical (unpaired) electrons. The average molecular weight is 612 g/mol. The lowest BCUT2D eigenvalue weighted by Gasteiger charge is -2.26. The monoisotopic (exact) mass is 611 g/mol. The van der Waals surface area contributed by atoms with Gasteiger partial charge < -0.3 is 14.2 Å². The number of nitrogens with zero attached hydrogens (tertiary/aromatic N) is 3. The van der Waals surface area contributed by atoms with Crippen LogP contribution in [0.15, 0.2) is 72.9 Å². The second-order valence-corrected chi connectivity index (χ2v) is 13.8. The summed E-state index contributed by atoms with van der Waals surface area (Å²) < 4.78 is 18.6. The number of rotatable bonds is 10. The lowest BCUT2D eigenvalue weighted by atomic mass is 9.80. The Hall–Kier alpha value is -4.46. The molecule has 1 atom stereocenters. The van der Waals surface area contributed by atoms with Gasteiger partial charge in [0.05, 0.1) is 12.3 Å². The van der Waals surface area contributed by atoms with Crippen molar-refractivity contribution < 1.29 is 23.8 Å². The van der Waals surface area contributed by atoms with Gasteiger partial charge >= 0.3 is 11.9 Å². The minimum Gasteiger partial charge on any atom is -0.482 e. The number of carbonyl (C=O) groups excluding carboxylic acids is 2. The predicted molar refractivity (Wildman–Crippen MR) is 176 cm³/mol. The molecule has 8 nitrogen and oxygen atoms in total. The highest BCUT2D eigenvalue weighted by Gasteiger charge is 2.26. The summed E-state index contributed by atoms with van der Waals surface area (Å²) in [5.74, 6) is 0.172. The van der Waals surface area contributed by atoms with E-state index < -0.39 is 12.0 Å². The average Bonchev–Trinajstić information content (AvgIpc) is 3.43. The fourth-order valence-corrected chi connectivity index (χ4v) is 4.82. The zero-order valence-corrected chi connectivity index (χ0v) is 27.9. The maximum absolute atomic E-state index is 13.0. The molecule has 8 heteroatoms. The highest BCUT2D eigenvalue weighted by atomic mass is 16.6. The number of benzene rings is 3. The van der Waals surface area contributed by atoms with Gasteiger partial charge in [-0.2, -0.15) is 0 Å². The number of carbonyl (C=O) groups is 2. The van der Waals surface area contributed by atoms with E-state index in [1.807, 2.05) is 69.3 Å². The SMILES string of the molecule is Cc1cc(OC(=O)COc2cc(C(C)(C)C)cc(C(C)(C)C)c2)ccc1-c1cn([C@@H](Cc2ccccc2)C(=O)OC(C)C)nn1. The fraction of sp³-hybridized carbons (Fsp3) is 0.405. The third-order valence-corrected chi connectivity index (χ3v) is 7.43. The zero-order chi connectivity index (χ0) is 32.9. The molecule has 4 rings (SSSR count). The largest absolute Gasteiger partial charge is 0.482 e. The molecule has 0 unspecified atom stereocenters. The Kier molecular flexibility index (Phi) is 10.2. The molecule has 4 aromatic rings. The van der Waals surface area contributed by atoms with Crippen molar-refractivity contribution in [2.75, 3.05) is 6.61 Å². The molecule has 0 saturated carbocycles. The van der Waals surface area contributed by atoms with E-state index in [1.54, 1.807) is 23.0 Å². The summed E-state index contributed by atoms with van der Waals surface area (Å²) in [6.45, 7) is 18.3. The first-order chi connectivity index (χ1) is 21.1. The summed E-state index contributed by atoms with van der Waals surface area (Å²) in [7, 11) is 0. The van der Waals surface area contributed by atoms with Crippen molar-refractivity contribution >= 4 is 11.9 Å². The third-order valence-electron chi connectivity index (χ3n) is 7.43. The molecule has 0 spiro atoms. The van der Waals surface area contributed by atoms with Gasteiger partial charge in [0.15, 0.2) is 12.6 Å². The van der Waals surface area contributed by atoms with Gasteiger partial charge in [-0.25, -0.2) is 14.3 Å². The molecule has 0 aliphatic heterocycles. The summed E-state index contributed by atoms with van der Waals surface area (Å²) in [6, 6.07) is 20.6. The Morgan fingerprint density at radius 2 is 1.49 bits per heavy atom. The summed E-state index contributed by atoms with van der Waals surface area (Å²) in [5.41, 5.74) is 5.39. The van der Waals surface area contributed by atoms with E-state index >= 15 is 0 Å². The Balaban J connectivity index is 1.46. The maximum Gasteiger partial charge on any atom is 0.349 e. The van der Waals surface area contributed by atoms with Crippen LogP contribution < -0.4 is 9.47 Å². The topological polar surface area (TPSA) is 92.5 Å². The Bertz CT molecular complexity index is 1600. The highest BCUT2D eigenvalue weighted by Crippen LogP contribution is 2.33. The second-order valence-electron chi connectivity index (χ2n) is 13.8. The lowest BCUT2D eigenvalue weighted by molar-refractivity contribution is -0.151. The number of hydrogen-bond donors (Lipinski definition) is 0. The van der Waals surface area contributed by atoms with E-state index in [-0.39, 0.29) is 29.5 Å². The van der Waals surface area contributed by atoms with E-state index in [0.29, 0.717) is 23.6 Å². The van der Waals surface area contributed by atoms with E-state index in [0.717, 1.165) is 27.8 Å². The van der Waals surface area contributed by atoms with Gasteiger partial charge in [0, 0.05) is 12.0 Å². The molecule has 1 aromatic heterocycles. The number of esters is 2. The Labute approximate surface area is 266 Å². The number of aromatic nitrogens is 3. The molecular weight excluding hydrogens is 566 g/mol. The number of aryl methyl sites for hydroxylation is 1. The van der Waals surface area contributed by atoms with Gasteiger partial charge in [0.2, 0.25) is 0 Å². The standard InChI is InChI=1S/C37H45N3O5/c1-24(2)44-35(42)33(18-26-13-11-10-12-14-26)40-22-32(38-39-40)31-16-15-29(17-25(31)3)45-34(41)23-43-30-20-27(36(4,5)6)19-28(21-30)37(7,8)9/h10-17,19-22,24,33H,18,23H2,1-9H3/t33-/m0/s1. The lowest BCUT2D eigenvalue weighted by Crippen LogP contribution is -2.26. The molecule has 0 saturated heterocycles. The van der Waals surface area contributed by atoms with Crippen molar-refractivity contribution in [1.82, 2.24) is 15.0 Å². The van der Waals surface area contributed by atoms with Crippen LogP contribution in [0.3, 0.4) is 0 Å². The van der Waals surface area contributed by atoms with Crippen LogP contribution in [-0.4, -0.2) is 39.6 Å². The van der Waals surface area contributed by atoms with Crippen molar-refractivity contribution in [3.63, 3.8) is 0 Å². The number of ether oxygens (including phenoxy) is 3. The fourth-order valence-electron chi connectivity index (χ4n) is 4.82. The minimum absolute atomic E-state index is 0.0648.